The molecular formula is C36H31N5O8. The van der Waals surface area contributed by atoms with Gasteiger partial charge in [0.25, 0.3) is 45.9 Å². The number of amides is 4. The molecule has 0 spiro atoms. The average molecular weight is 662 g/mol. The van der Waals surface area contributed by atoms with Crippen LogP contribution in [0.1, 0.15) is 87.4 Å². The normalized spacial score (nSPS) is 19.3. The molecular weight excluding hydrogens is 630 g/mol. The fourth-order valence-corrected chi connectivity index (χ4v) is 7.93. The Morgan fingerprint density at radius 3 is 1.59 bits per heavy atom. The van der Waals surface area contributed by atoms with Crippen molar-refractivity contribution in [2.75, 3.05) is 18.1 Å². The Kier molecular flexibility index (Phi) is 6.90. The smallest absolute Gasteiger partial charge is 0.281 e. The van der Waals surface area contributed by atoms with E-state index in [0.29, 0.717) is 29.2 Å². The maximum atomic E-state index is 14.0. The highest BCUT2D eigenvalue weighted by atomic mass is 16.2. The molecule has 5 aromatic rings. The van der Waals surface area contributed by atoms with Gasteiger partial charge in [-0.05, 0) is 68.1 Å². The minimum atomic E-state index is -1.01. The van der Waals surface area contributed by atoms with Gasteiger partial charge in [-0.15, -0.1) is 0 Å². The van der Waals surface area contributed by atoms with Gasteiger partial charge in [-0.2, -0.15) is 9.69 Å². The molecule has 0 bridgehead atoms. The summed E-state index contributed by atoms with van der Waals surface area (Å²) in [6.45, 7) is 5.20. The second-order valence-corrected chi connectivity index (χ2v) is 13.2. The van der Waals surface area contributed by atoms with Crippen molar-refractivity contribution in [3.63, 3.8) is 0 Å². The standard InChI is InChI=1S/C36H31N5O8/c1-3-12-37-13-14-38-29(42)22-15-24-25(16-23(22)30(38)43)36(49)41(35(24)48)40-33(46)20-10-8-18-27-19(9-11-21(28(20)27)34(40)47)32(45)39(31(18)44)26-7-5-4-6-17(26)2/h8-11,15-17,26,37H,3-7,12-14H2,1-2H3. The van der Waals surface area contributed by atoms with Crippen LogP contribution in [0.4, 0.5) is 0 Å². The van der Waals surface area contributed by atoms with Crippen LogP contribution < -0.4 is 32.6 Å². The van der Waals surface area contributed by atoms with Crippen molar-refractivity contribution in [1.29, 1.82) is 0 Å². The quantitative estimate of drug-likeness (QED) is 0.203. The zero-order valence-electron chi connectivity index (χ0n) is 26.8. The molecule has 3 aromatic carbocycles. The topological polar surface area (TPSA) is 165 Å². The van der Waals surface area contributed by atoms with E-state index in [4.69, 9.17) is 0 Å². The number of fused-ring (bicyclic) bond motifs is 2. The van der Waals surface area contributed by atoms with Gasteiger partial charge in [0.05, 0.1) is 32.7 Å². The Hall–Kier alpha value is -5.56. The van der Waals surface area contributed by atoms with Crippen LogP contribution in [0.2, 0.25) is 0 Å². The van der Waals surface area contributed by atoms with Gasteiger partial charge in [0.15, 0.2) is 0 Å². The highest BCUT2D eigenvalue weighted by Crippen LogP contribution is 2.40. The van der Waals surface area contributed by atoms with E-state index < -0.39 is 45.9 Å². The Morgan fingerprint density at radius 1 is 0.633 bits per heavy atom. The van der Waals surface area contributed by atoms with E-state index in [0.717, 1.165) is 30.3 Å². The predicted molar refractivity (Wildman–Crippen MR) is 181 cm³/mol. The number of benzene rings is 3. The van der Waals surface area contributed by atoms with Gasteiger partial charge in [-0.25, -0.2) is 0 Å². The highest BCUT2D eigenvalue weighted by molar-refractivity contribution is 6.37. The first kappa shape index (κ1) is 30.8. The van der Waals surface area contributed by atoms with Crippen molar-refractivity contribution < 1.29 is 19.2 Å². The third-order valence-electron chi connectivity index (χ3n) is 10.4. The molecule has 1 saturated carbocycles. The summed E-state index contributed by atoms with van der Waals surface area (Å²) in [5, 5.41) is 3.34. The van der Waals surface area contributed by atoms with Crippen LogP contribution in [-0.4, -0.2) is 56.9 Å². The molecule has 13 nitrogen and oxygen atoms in total. The predicted octanol–water partition coefficient (Wildman–Crippen LogP) is 2.17. The van der Waals surface area contributed by atoms with Crippen molar-refractivity contribution in [2.24, 2.45) is 5.92 Å². The molecule has 248 valence electrons. The molecule has 2 unspecified atom stereocenters. The van der Waals surface area contributed by atoms with E-state index in [2.05, 4.69) is 5.32 Å². The van der Waals surface area contributed by atoms with E-state index in [1.807, 2.05) is 13.8 Å². The van der Waals surface area contributed by atoms with E-state index in [1.54, 1.807) is 0 Å². The molecule has 0 radical (unpaired) electrons. The number of aromatic nitrogens is 2. The van der Waals surface area contributed by atoms with Gasteiger partial charge in [0, 0.05) is 41.0 Å². The van der Waals surface area contributed by atoms with Crippen molar-refractivity contribution in [1.82, 2.24) is 19.5 Å². The van der Waals surface area contributed by atoms with Crippen molar-refractivity contribution in [3.05, 3.63) is 100 Å². The second kappa shape index (κ2) is 11.0. The molecule has 0 saturated heterocycles. The molecule has 8 rings (SSSR count). The number of rotatable bonds is 7. The van der Waals surface area contributed by atoms with Gasteiger partial charge in [-0.1, -0.05) is 26.7 Å². The number of nitrogens with zero attached hydrogens (tertiary/aromatic N) is 4. The fourth-order valence-electron chi connectivity index (χ4n) is 7.93. The number of hydrogen-bond donors (Lipinski definition) is 1. The summed E-state index contributed by atoms with van der Waals surface area (Å²) >= 11 is 0. The molecule has 2 aliphatic heterocycles. The largest absolute Gasteiger partial charge is 0.315 e. The molecule has 1 aliphatic carbocycles. The van der Waals surface area contributed by atoms with Crippen LogP contribution in [0.5, 0.6) is 0 Å². The van der Waals surface area contributed by atoms with E-state index in [-0.39, 0.29) is 73.1 Å². The van der Waals surface area contributed by atoms with E-state index in [1.165, 1.54) is 41.3 Å². The maximum Gasteiger partial charge on any atom is 0.281 e. The summed E-state index contributed by atoms with van der Waals surface area (Å²) in [4.78, 5) is 111. The van der Waals surface area contributed by atoms with Gasteiger partial charge in [0.2, 0.25) is 0 Å². The van der Waals surface area contributed by atoms with Crippen LogP contribution >= 0.6 is 0 Å². The zero-order chi connectivity index (χ0) is 34.5. The maximum absolute atomic E-state index is 14.0. The fraction of sp³-hybridized carbons (Fsp3) is 0.333. The second-order valence-electron chi connectivity index (χ2n) is 13.2. The van der Waals surface area contributed by atoms with Crippen LogP contribution in [-0.2, 0) is 6.54 Å². The molecule has 2 atom stereocenters. The number of carbonyl (C=O) groups excluding carboxylic acids is 4. The Balaban J connectivity index is 1.23. The molecule has 4 heterocycles. The average Bonchev–Trinajstić information content (AvgIpc) is 3.47. The molecule has 1 N–H and O–H groups in total. The number of nitrogens with one attached hydrogen (secondary N) is 1. The van der Waals surface area contributed by atoms with E-state index in [9.17, 15) is 38.4 Å². The van der Waals surface area contributed by atoms with Crippen molar-refractivity contribution in [3.8, 4) is 0 Å². The zero-order valence-corrected chi connectivity index (χ0v) is 26.8. The minimum absolute atomic E-state index is 0.0471. The molecule has 3 aliphatic rings. The van der Waals surface area contributed by atoms with Gasteiger partial charge in [-0.3, -0.25) is 47.8 Å². The lowest BCUT2D eigenvalue weighted by molar-refractivity contribution is 0.0439. The van der Waals surface area contributed by atoms with Crippen LogP contribution in [0.15, 0.2) is 55.6 Å². The summed E-state index contributed by atoms with van der Waals surface area (Å²) in [6.07, 6.45) is 4.38. The molecule has 2 aromatic heterocycles. The first-order valence-electron chi connectivity index (χ1n) is 16.6. The van der Waals surface area contributed by atoms with Crippen LogP contribution in [0.25, 0.3) is 32.3 Å². The van der Waals surface area contributed by atoms with Gasteiger partial charge < -0.3 is 5.32 Å². The molecule has 4 amide bonds. The third kappa shape index (κ3) is 4.14. The first-order valence-corrected chi connectivity index (χ1v) is 16.6. The molecule has 13 heteroatoms. The summed E-state index contributed by atoms with van der Waals surface area (Å²) in [6, 6.07) is 7.69. The van der Waals surface area contributed by atoms with Crippen LogP contribution in [0, 0.1) is 5.92 Å². The molecule has 1 fully saturated rings. The molecule has 49 heavy (non-hydrogen) atoms. The minimum Gasteiger partial charge on any atom is -0.315 e. The Morgan fingerprint density at radius 2 is 1.10 bits per heavy atom. The highest BCUT2D eigenvalue weighted by Gasteiger charge is 2.44. The summed E-state index contributed by atoms with van der Waals surface area (Å²) < 4.78 is 1.48. The van der Waals surface area contributed by atoms with Crippen molar-refractivity contribution in [2.45, 2.75) is 58.5 Å². The van der Waals surface area contributed by atoms with Gasteiger partial charge >= 0.3 is 0 Å². The lowest BCUT2D eigenvalue weighted by Crippen LogP contribution is -2.55. The van der Waals surface area contributed by atoms with Crippen molar-refractivity contribution >= 4 is 55.9 Å². The number of carbonyl (C=O) groups is 4. The summed E-state index contributed by atoms with van der Waals surface area (Å²) in [5.41, 5.74) is -2.98. The Bertz CT molecular complexity index is 2400. The summed E-state index contributed by atoms with van der Waals surface area (Å²) in [5.74, 6) is -2.85. The lowest BCUT2D eigenvalue weighted by Gasteiger charge is -2.40. The third-order valence-corrected chi connectivity index (χ3v) is 10.4. The first-order chi connectivity index (χ1) is 23.6. The van der Waals surface area contributed by atoms with Crippen LogP contribution in [0.3, 0.4) is 0 Å². The summed E-state index contributed by atoms with van der Waals surface area (Å²) in [7, 11) is 0. The SMILES string of the molecule is CCCNCCn1c(=O)c2cc3c(=O)n(N4C(=O)c5ccc6c7c(ccc(c57)C4=O)C(=O)N(C4CCCCC4C)C6=O)c(=O)c3cc2c1=O. The lowest BCUT2D eigenvalue weighted by atomic mass is 9.81. The number of hydrogen-bond acceptors (Lipinski definition) is 9. The number of imide groups is 2. The monoisotopic (exact) mass is 661 g/mol. The van der Waals surface area contributed by atoms with Gasteiger partial charge in [0.1, 0.15) is 0 Å². The van der Waals surface area contributed by atoms with E-state index >= 15 is 0 Å². The Labute approximate surface area is 277 Å².